The Morgan fingerprint density at radius 2 is 2.06 bits per heavy atom. The van der Waals surface area contributed by atoms with Gasteiger partial charge >= 0.3 is 5.97 Å². The number of carbonyl (C=O) groups is 2. The van der Waals surface area contributed by atoms with Gasteiger partial charge in [0.05, 0.1) is 6.04 Å². The van der Waals surface area contributed by atoms with Gasteiger partial charge in [-0.3, -0.25) is 4.79 Å². The van der Waals surface area contributed by atoms with Crippen molar-refractivity contribution < 1.29 is 14.7 Å². The lowest BCUT2D eigenvalue weighted by Crippen LogP contribution is -2.58. The normalized spacial score (nSPS) is 25.5. The number of likely N-dealkylation sites (tertiary alicyclic amines) is 1. The van der Waals surface area contributed by atoms with Crippen LogP contribution in [-0.2, 0) is 9.59 Å². The van der Waals surface area contributed by atoms with E-state index in [-0.39, 0.29) is 11.8 Å². The molecule has 0 radical (unpaired) electrons. The molecule has 0 bridgehead atoms. The smallest absolute Gasteiger partial charge is 0.329 e. The molecule has 1 saturated heterocycles. The molecule has 1 heterocycles. The lowest BCUT2D eigenvalue weighted by atomic mass is 9.89. The number of nitrogens with zero attached hydrogens (tertiary/aromatic N) is 1. The maximum Gasteiger partial charge on any atom is 0.329 e. The summed E-state index contributed by atoms with van der Waals surface area (Å²) < 4.78 is 0. The fourth-order valence-electron chi connectivity index (χ4n) is 2.67. The molecule has 104 valence electrons. The molecule has 0 aromatic rings. The molecule has 1 fully saturated rings. The summed E-state index contributed by atoms with van der Waals surface area (Å²) in [6.07, 6.45) is 2.52. The van der Waals surface area contributed by atoms with E-state index in [0.29, 0.717) is 19.4 Å². The summed E-state index contributed by atoms with van der Waals surface area (Å²) in [7, 11) is 0. The van der Waals surface area contributed by atoms with Gasteiger partial charge in [-0.05, 0) is 25.2 Å². The second kappa shape index (κ2) is 5.69. The quantitative estimate of drug-likeness (QED) is 0.774. The summed E-state index contributed by atoms with van der Waals surface area (Å²) in [4.78, 5) is 25.4. The Kier molecular flexibility index (Phi) is 4.73. The highest BCUT2D eigenvalue weighted by Gasteiger charge is 2.50. The minimum absolute atomic E-state index is 0.0196. The van der Waals surface area contributed by atoms with Crippen LogP contribution in [0, 0.1) is 5.92 Å². The van der Waals surface area contributed by atoms with Crippen molar-refractivity contribution in [3.8, 4) is 0 Å². The molecular formula is C13H24N2O3. The highest BCUT2D eigenvalue weighted by molar-refractivity contribution is 5.90. The summed E-state index contributed by atoms with van der Waals surface area (Å²) >= 11 is 0. The van der Waals surface area contributed by atoms with E-state index in [1.54, 1.807) is 0 Å². The molecule has 0 spiro atoms. The number of carboxylic acids is 1. The number of aliphatic carboxylic acids is 1. The Balaban J connectivity index is 2.98. The van der Waals surface area contributed by atoms with Gasteiger partial charge < -0.3 is 15.7 Å². The van der Waals surface area contributed by atoms with Crippen LogP contribution >= 0.6 is 0 Å². The number of carboxylic acid groups (broad SMARTS) is 1. The van der Waals surface area contributed by atoms with Gasteiger partial charge in [-0.2, -0.15) is 0 Å². The number of hydrogen-bond acceptors (Lipinski definition) is 3. The van der Waals surface area contributed by atoms with Gasteiger partial charge in [0.25, 0.3) is 0 Å². The van der Waals surface area contributed by atoms with Crippen LogP contribution < -0.4 is 5.73 Å². The van der Waals surface area contributed by atoms with Gasteiger partial charge in [-0.25, -0.2) is 4.79 Å². The van der Waals surface area contributed by atoms with E-state index in [9.17, 15) is 14.7 Å². The second-order valence-corrected chi connectivity index (χ2v) is 5.45. The Morgan fingerprint density at radius 3 is 2.50 bits per heavy atom. The molecule has 18 heavy (non-hydrogen) atoms. The molecule has 2 atom stereocenters. The van der Waals surface area contributed by atoms with Gasteiger partial charge in [0.1, 0.15) is 5.54 Å². The van der Waals surface area contributed by atoms with Crippen molar-refractivity contribution >= 4 is 11.9 Å². The molecule has 1 aliphatic heterocycles. The average molecular weight is 256 g/mol. The summed E-state index contributed by atoms with van der Waals surface area (Å²) in [6.45, 7) is 6.20. The van der Waals surface area contributed by atoms with Gasteiger partial charge in [-0.1, -0.05) is 27.2 Å². The largest absolute Gasteiger partial charge is 0.479 e. The van der Waals surface area contributed by atoms with Crippen LogP contribution in [0.3, 0.4) is 0 Å². The zero-order valence-corrected chi connectivity index (χ0v) is 11.5. The van der Waals surface area contributed by atoms with Crippen molar-refractivity contribution in [2.45, 2.75) is 58.0 Å². The molecule has 0 aromatic heterocycles. The van der Waals surface area contributed by atoms with Crippen LogP contribution in [0.1, 0.15) is 46.5 Å². The number of carbonyl (C=O) groups excluding carboxylic acids is 1. The fourth-order valence-corrected chi connectivity index (χ4v) is 2.67. The zero-order valence-electron chi connectivity index (χ0n) is 11.5. The summed E-state index contributed by atoms with van der Waals surface area (Å²) in [6, 6.07) is -0.612. The van der Waals surface area contributed by atoms with E-state index in [1.807, 2.05) is 20.8 Å². The molecule has 5 heteroatoms. The SMILES string of the molecule is CCCC1(C(=O)O)CCCN1C(=O)[C@H](N)C(C)C. The molecule has 5 nitrogen and oxygen atoms in total. The van der Waals surface area contributed by atoms with Crippen LogP contribution in [0.15, 0.2) is 0 Å². The van der Waals surface area contributed by atoms with Crippen LogP contribution in [-0.4, -0.2) is 40.0 Å². The van der Waals surface area contributed by atoms with Gasteiger partial charge in [-0.15, -0.1) is 0 Å². The minimum Gasteiger partial charge on any atom is -0.479 e. The summed E-state index contributed by atoms with van der Waals surface area (Å²) in [5, 5.41) is 9.50. The molecule has 1 rings (SSSR count). The monoisotopic (exact) mass is 256 g/mol. The van der Waals surface area contributed by atoms with E-state index >= 15 is 0 Å². The Bertz CT molecular complexity index is 330. The first kappa shape index (κ1) is 15.0. The molecule has 1 amide bonds. The van der Waals surface area contributed by atoms with Crippen molar-refractivity contribution in [3.05, 3.63) is 0 Å². The first-order valence-corrected chi connectivity index (χ1v) is 6.67. The maximum absolute atomic E-state index is 12.3. The van der Waals surface area contributed by atoms with E-state index in [4.69, 9.17) is 5.73 Å². The summed E-state index contributed by atoms with van der Waals surface area (Å²) in [5.74, 6) is -1.10. The predicted molar refractivity (Wildman–Crippen MR) is 69.0 cm³/mol. The van der Waals surface area contributed by atoms with E-state index in [2.05, 4.69) is 0 Å². The highest BCUT2D eigenvalue weighted by atomic mass is 16.4. The van der Waals surface area contributed by atoms with Crippen LogP contribution in [0.4, 0.5) is 0 Å². The molecule has 0 aromatic carbocycles. The molecule has 0 saturated carbocycles. The third-order valence-corrected chi connectivity index (χ3v) is 3.82. The third kappa shape index (κ3) is 2.51. The molecule has 3 N–H and O–H groups in total. The number of hydrogen-bond donors (Lipinski definition) is 2. The second-order valence-electron chi connectivity index (χ2n) is 5.45. The molecular weight excluding hydrogens is 232 g/mol. The standard InChI is InChI=1S/C13H24N2O3/c1-4-6-13(12(17)18)7-5-8-15(13)11(16)10(14)9(2)3/h9-10H,4-8,14H2,1-3H3,(H,17,18)/t10-,13?/m1/s1. The third-order valence-electron chi connectivity index (χ3n) is 3.82. The lowest BCUT2D eigenvalue weighted by molar-refractivity contribution is -0.158. The Morgan fingerprint density at radius 1 is 1.44 bits per heavy atom. The average Bonchev–Trinajstić information content (AvgIpc) is 2.72. The highest BCUT2D eigenvalue weighted by Crippen LogP contribution is 2.34. The van der Waals surface area contributed by atoms with Crippen LogP contribution in [0.2, 0.25) is 0 Å². The zero-order chi connectivity index (χ0) is 13.9. The van der Waals surface area contributed by atoms with Crippen molar-refractivity contribution in [1.82, 2.24) is 4.90 Å². The van der Waals surface area contributed by atoms with E-state index in [1.165, 1.54) is 4.90 Å². The van der Waals surface area contributed by atoms with Gasteiger partial charge in [0.2, 0.25) is 5.91 Å². The maximum atomic E-state index is 12.3. The molecule has 1 unspecified atom stereocenters. The number of rotatable bonds is 5. The first-order valence-electron chi connectivity index (χ1n) is 6.67. The first-order chi connectivity index (χ1) is 8.36. The van der Waals surface area contributed by atoms with Crippen molar-refractivity contribution in [2.24, 2.45) is 11.7 Å². The topological polar surface area (TPSA) is 83.6 Å². The van der Waals surface area contributed by atoms with Gasteiger partial charge in [0.15, 0.2) is 0 Å². The minimum atomic E-state index is -1.03. The summed E-state index contributed by atoms with van der Waals surface area (Å²) in [5.41, 5.74) is 4.84. The van der Waals surface area contributed by atoms with Crippen molar-refractivity contribution in [3.63, 3.8) is 0 Å². The molecule has 1 aliphatic rings. The van der Waals surface area contributed by atoms with Gasteiger partial charge in [0, 0.05) is 6.54 Å². The Labute approximate surface area is 108 Å². The van der Waals surface area contributed by atoms with Crippen molar-refractivity contribution in [2.75, 3.05) is 6.54 Å². The lowest BCUT2D eigenvalue weighted by Gasteiger charge is -2.36. The van der Waals surface area contributed by atoms with E-state index < -0.39 is 17.6 Å². The van der Waals surface area contributed by atoms with E-state index in [0.717, 1.165) is 12.8 Å². The fraction of sp³-hybridized carbons (Fsp3) is 0.846. The number of amides is 1. The van der Waals surface area contributed by atoms with Crippen molar-refractivity contribution in [1.29, 1.82) is 0 Å². The van der Waals surface area contributed by atoms with Crippen LogP contribution in [0.25, 0.3) is 0 Å². The Hall–Kier alpha value is -1.10. The van der Waals surface area contributed by atoms with Crippen LogP contribution in [0.5, 0.6) is 0 Å². The predicted octanol–water partition coefficient (Wildman–Crippen LogP) is 1.22. The number of nitrogens with two attached hydrogens (primary N) is 1. The molecule has 0 aliphatic carbocycles.